The van der Waals surface area contributed by atoms with E-state index in [1.165, 1.54) is 76.4 Å². The summed E-state index contributed by atoms with van der Waals surface area (Å²) in [5.74, 6) is -0.592. The molecule has 0 bridgehead atoms. The Morgan fingerprint density at radius 1 is 0.636 bits per heavy atom. The fraction of sp³-hybridized carbons (Fsp3) is 0.667. The van der Waals surface area contributed by atoms with Crippen molar-refractivity contribution >= 4 is 11.9 Å². The van der Waals surface area contributed by atoms with Crippen LogP contribution in [-0.2, 0) is 9.59 Å². The topological polar surface area (TPSA) is 74.6 Å². The maximum Gasteiger partial charge on any atom is 0.327 e. The second kappa shape index (κ2) is 11.0. The molecule has 0 spiro atoms. The van der Waals surface area contributed by atoms with Crippen molar-refractivity contribution in [2.75, 3.05) is 0 Å². The summed E-state index contributed by atoms with van der Waals surface area (Å²) in [7, 11) is 0. The molecular weight excluding hydrogens is 280 g/mol. The van der Waals surface area contributed by atoms with Gasteiger partial charge in [0, 0.05) is 12.2 Å². The molecule has 2 N–H and O–H groups in total. The van der Waals surface area contributed by atoms with Gasteiger partial charge in [-0.05, 0) is 37.5 Å². The lowest BCUT2D eigenvalue weighted by atomic mass is 9.89. The van der Waals surface area contributed by atoms with Crippen LogP contribution in [0.5, 0.6) is 0 Å². The lowest BCUT2D eigenvalue weighted by molar-refractivity contribution is -0.132. The van der Waals surface area contributed by atoms with Crippen LogP contribution < -0.4 is 0 Å². The molecule has 0 unspecified atom stereocenters. The van der Waals surface area contributed by atoms with Crippen molar-refractivity contribution in [2.45, 2.75) is 64.2 Å². The van der Waals surface area contributed by atoms with Gasteiger partial charge in [0.05, 0.1) is 0 Å². The molecule has 0 aromatic heterocycles. The van der Waals surface area contributed by atoms with Crippen LogP contribution in [0, 0.1) is 11.8 Å². The second-order valence-electron chi connectivity index (χ2n) is 6.19. The molecule has 0 aromatic carbocycles. The van der Waals surface area contributed by atoms with E-state index in [1.54, 1.807) is 0 Å². The minimum absolute atomic E-state index is 0.528. The van der Waals surface area contributed by atoms with Gasteiger partial charge in [0.2, 0.25) is 0 Å². The van der Waals surface area contributed by atoms with Gasteiger partial charge >= 0.3 is 11.9 Å². The van der Waals surface area contributed by atoms with E-state index in [0.29, 0.717) is 11.8 Å². The van der Waals surface area contributed by atoms with Gasteiger partial charge in [-0.2, -0.15) is 0 Å². The Balaban J connectivity index is 0.000000220. The predicted octanol–water partition coefficient (Wildman–Crippen LogP) is 4.42. The molecule has 2 aliphatic rings. The number of hydrogen-bond donors (Lipinski definition) is 2. The first-order valence-electron chi connectivity index (χ1n) is 8.40. The highest BCUT2D eigenvalue weighted by atomic mass is 16.4. The van der Waals surface area contributed by atoms with Gasteiger partial charge in [-0.1, -0.05) is 50.7 Å². The zero-order valence-corrected chi connectivity index (χ0v) is 13.2. The van der Waals surface area contributed by atoms with Crippen LogP contribution >= 0.6 is 0 Å². The molecule has 22 heavy (non-hydrogen) atoms. The number of aliphatic carboxylic acids is 2. The molecule has 0 aromatic rings. The van der Waals surface area contributed by atoms with Gasteiger partial charge in [-0.3, -0.25) is 0 Å². The third kappa shape index (κ3) is 9.37. The van der Waals surface area contributed by atoms with Gasteiger partial charge in [0.1, 0.15) is 0 Å². The van der Waals surface area contributed by atoms with Gasteiger partial charge in [0.15, 0.2) is 0 Å². The van der Waals surface area contributed by atoms with Crippen LogP contribution in [0.1, 0.15) is 64.2 Å². The monoisotopic (exact) mass is 308 g/mol. The standard InChI is InChI=1S/2C9H14O2/c2*10-9(11)7-6-8-4-2-1-3-5-8/h2*6-8H,1-5H2,(H,10,11)/b2*7-6+. The van der Waals surface area contributed by atoms with Gasteiger partial charge in [0.25, 0.3) is 0 Å². The molecule has 2 saturated carbocycles. The highest BCUT2D eigenvalue weighted by Crippen LogP contribution is 2.24. The molecule has 2 fully saturated rings. The zero-order valence-electron chi connectivity index (χ0n) is 13.2. The number of carbonyl (C=O) groups is 2. The van der Waals surface area contributed by atoms with Crippen LogP contribution in [-0.4, -0.2) is 22.2 Å². The van der Waals surface area contributed by atoms with Crippen LogP contribution in [0.4, 0.5) is 0 Å². The van der Waals surface area contributed by atoms with Crippen LogP contribution in [0.3, 0.4) is 0 Å². The molecular formula is C18H28O4. The first-order chi connectivity index (χ1) is 10.6. The number of rotatable bonds is 4. The van der Waals surface area contributed by atoms with E-state index in [0.717, 1.165) is 0 Å². The van der Waals surface area contributed by atoms with Crippen molar-refractivity contribution in [3.63, 3.8) is 0 Å². The van der Waals surface area contributed by atoms with Crippen molar-refractivity contribution in [3.05, 3.63) is 24.3 Å². The fourth-order valence-corrected chi connectivity index (χ4v) is 3.09. The van der Waals surface area contributed by atoms with E-state index in [9.17, 15) is 9.59 Å². The van der Waals surface area contributed by atoms with E-state index < -0.39 is 11.9 Å². The van der Waals surface area contributed by atoms with E-state index in [-0.39, 0.29) is 0 Å². The van der Waals surface area contributed by atoms with Crippen molar-refractivity contribution in [2.24, 2.45) is 11.8 Å². The fourth-order valence-electron chi connectivity index (χ4n) is 3.09. The molecule has 124 valence electrons. The smallest absolute Gasteiger partial charge is 0.327 e. The number of allylic oxidation sites excluding steroid dienone is 2. The summed E-state index contributed by atoms with van der Waals surface area (Å²) in [6.07, 6.45) is 18.6. The van der Waals surface area contributed by atoms with E-state index in [2.05, 4.69) is 0 Å². The summed E-state index contributed by atoms with van der Waals surface area (Å²) >= 11 is 0. The zero-order chi connectivity index (χ0) is 16.2. The van der Waals surface area contributed by atoms with E-state index >= 15 is 0 Å². The first-order valence-corrected chi connectivity index (χ1v) is 8.40. The Morgan fingerprint density at radius 3 is 1.23 bits per heavy atom. The highest BCUT2D eigenvalue weighted by molar-refractivity contribution is 5.80. The lowest BCUT2D eigenvalue weighted by Gasteiger charge is -2.17. The van der Waals surface area contributed by atoms with Crippen LogP contribution in [0.2, 0.25) is 0 Å². The molecule has 0 aliphatic heterocycles. The summed E-state index contributed by atoms with van der Waals surface area (Å²) in [6, 6.07) is 0. The predicted molar refractivity (Wildman–Crippen MR) is 86.7 cm³/mol. The quantitative estimate of drug-likeness (QED) is 0.754. The number of hydrogen-bond acceptors (Lipinski definition) is 2. The van der Waals surface area contributed by atoms with Gasteiger partial charge in [-0.15, -0.1) is 0 Å². The molecule has 4 heteroatoms. The average molecular weight is 308 g/mol. The third-order valence-corrected chi connectivity index (χ3v) is 4.32. The minimum atomic E-state index is -0.824. The highest BCUT2D eigenvalue weighted by Gasteiger charge is 2.10. The van der Waals surface area contributed by atoms with Gasteiger partial charge in [-0.25, -0.2) is 9.59 Å². The summed E-state index contributed by atoms with van der Waals surface area (Å²) in [5, 5.41) is 16.7. The Kier molecular flexibility index (Phi) is 9.28. The maximum atomic E-state index is 10.2. The number of carboxylic acids is 2. The molecule has 0 radical (unpaired) electrons. The summed E-state index contributed by atoms with van der Waals surface area (Å²) in [5.41, 5.74) is 0. The van der Waals surface area contributed by atoms with E-state index in [1.807, 2.05) is 12.2 Å². The first kappa shape index (κ1) is 18.5. The molecule has 0 amide bonds. The molecule has 0 atom stereocenters. The normalized spacial score (nSPS) is 20.7. The van der Waals surface area contributed by atoms with Crippen molar-refractivity contribution in [1.82, 2.24) is 0 Å². The molecule has 0 saturated heterocycles. The third-order valence-electron chi connectivity index (χ3n) is 4.32. The molecule has 2 aliphatic carbocycles. The second-order valence-corrected chi connectivity index (χ2v) is 6.19. The summed E-state index contributed by atoms with van der Waals surface area (Å²) in [6.45, 7) is 0. The number of carboxylic acid groups (broad SMARTS) is 2. The molecule has 4 nitrogen and oxygen atoms in total. The summed E-state index contributed by atoms with van der Waals surface area (Å²) < 4.78 is 0. The Morgan fingerprint density at radius 2 is 0.955 bits per heavy atom. The Hall–Kier alpha value is -1.58. The van der Waals surface area contributed by atoms with Crippen molar-refractivity contribution < 1.29 is 19.8 Å². The molecule has 2 rings (SSSR count). The lowest BCUT2D eigenvalue weighted by Crippen LogP contribution is -2.03. The minimum Gasteiger partial charge on any atom is -0.478 e. The van der Waals surface area contributed by atoms with Crippen molar-refractivity contribution in [3.8, 4) is 0 Å². The van der Waals surface area contributed by atoms with E-state index in [4.69, 9.17) is 10.2 Å². The van der Waals surface area contributed by atoms with Crippen molar-refractivity contribution in [1.29, 1.82) is 0 Å². The summed E-state index contributed by atoms with van der Waals surface area (Å²) in [4.78, 5) is 20.3. The largest absolute Gasteiger partial charge is 0.478 e. The average Bonchev–Trinajstić information content (AvgIpc) is 2.53. The SMILES string of the molecule is O=C(O)/C=C/C1CCCCC1.O=C(O)/C=C/C1CCCCC1. The van der Waals surface area contributed by atoms with Crippen LogP contribution in [0.15, 0.2) is 24.3 Å². The Labute approximate surface area is 132 Å². The van der Waals surface area contributed by atoms with Crippen LogP contribution in [0.25, 0.3) is 0 Å². The van der Waals surface area contributed by atoms with Gasteiger partial charge < -0.3 is 10.2 Å². The molecule has 0 heterocycles. The maximum absolute atomic E-state index is 10.2. The Bertz CT molecular complexity index is 348.